The van der Waals surface area contributed by atoms with E-state index in [1.165, 1.54) is 4.68 Å². The predicted molar refractivity (Wildman–Crippen MR) is 162 cm³/mol. The summed E-state index contributed by atoms with van der Waals surface area (Å²) in [6.45, 7) is 7.14. The Hall–Kier alpha value is -3.20. The minimum atomic E-state index is -0.542. The lowest BCUT2D eigenvalue weighted by atomic mass is 9.86. The van der Waals surface area contributed by atoms with Gasteiger partial charge in [-0.2, -0.15) is 0 Å². The number of halogens is 2. The Labute approximate surface area is 242 Å². The molecular formula is C30H33BrClN5O2. The number of carbonyl (C=O) groups excluding carboxylic acids is 1. The van der Waals surface area contributed by atoms with Crippen LogP contribution in [-0.2, 0) is 0 Å². The number of nitrogens with zero attached hydrogens (tertiary/aromatic N) is 3. The van der Waals surface area contributed by atoms with E-state index in [1.807, 2.05) is 42.5 Å². The quantitative estimate of drug-likeness (QED) is 0.221. The summed E-state index contributed by atoms with van der Waals surface area (Å²) in [4.78, 5) is 34.8. The summed E-state index contributed by atoms with van der Waals surface area (Å²) in [5.74, 6) is 0.271. The van der Waals surface area contributed by atoms with Gasteiger partial charge in [-0.3, -0.25) is 15.0 Å². The molecule has 1 heterocycles. The fourth-order valence-corrected chi connectivity index (χ4v) is 4.92. The summed E-state index contributed by atoms with van der Waals surface area (Å²) in [7, 11) is 0. The largest absolute Gasteiger partial charge is 0.330 e. The van der Waals surface area contributed by atoms with Gasteiger partial charge < -0.3 is 10.6 Å². The highest BCUT2D eigenvalue weighted by Crippen LogP contribution is 2.35. The Morgan fingerprint density at radius 2 is 1.79 bits per heavy atom. The Morgan fingerprint density at radius 3 is 2.44 bits per heavy atom. The van der Waals surface area contributed by atoms with Crippen molar-refractivity contribution in [3.8, 4) is 0 Å². The standard InChI is InChI=1S/C30H33BrClN5O2/c1-30(2,3)19-26(36(17-7-16-33)28(38)20-10-12-21(31)13-11-20)27-34-25-18-22(32)14-15-24(25)29(39)37(27)35-23-8-5-4-6-9-23/h4-6,8-15,18,26,35H,7,16-17,19,33H2,1-3H3. The maximum Gasteiger partial charge on any atom is 0.280 e. The van der Waals surface area contributed by atoms with Crippen molar-refractivity contribution in [3.63, 3.8) is 0 Å². The number of nitrogens with two attached hydrogens (primary N) is 1. The second kappa shape index (κ2) is 12.3. The van der Waals surface area contributed by atoms with E-state index in [2.05, 4.69) is 42.1 Å². The number of benzene rings is 3. The van der Waals surface area contributed by atoms with Crippen LogP contribution < -0.4 is 16.7 Å². The average Bonchev–Trinajstić information content (AvgIpc) is 2.90. The second-order valence-corrected chi connectivity index (χ2v) is 12.0. The highest BCUT2D eigenvalue weighted by Gasteiger charge is 2.33. The molecule has 0 saturated carbocycles. The van der Waals surface area contributed by atoms with E-state index < -0.39 is 6.04 Å². The molecule has 0 bridgehead atoms. The normalized spacial score (nSPS) is 12.4. The highest BCUT2D eigenvalue weighted by atomic mass is 79.9. The van der Waals surface area contributed by atoms with E-state index in [1.54, 1.807) is 35.2 Å². The molecule has 0 aliphatic carbocycles. The molecule has 1 aromatic heterocycles. The van der Waals surface area contributed by atoms with Gasteiger partial charge in [-0.15, -0.1) is 0 Å². The summed E-state index contributed by atoms with van der Waals surface area (Å²) in [5, 5.41) is 0.904. The molecule has 1 unspecified atom stereocenters. The molecule has 0 aliphatic heterocycles. The highest BCUT2D eigenvalue weighted by molar-refractivity contribution is 9.10. The first-order valence-electron chi connectivity index (χ1n) is 12.9. The van der Waals surface area contributed by atoms with Crippen molar-refractivity contribution < 1.29 is 4.79 Å². The molecular weight excluding hydrogens is 578 g/mol. The Bertz CT molecular complexity index is 1500. The molecule has 0 spiro atoms. The molecule has 9 heteroatoms. The van der Waals surface area contributed by atoms with Crippen LogP contribution in [0.4, 0.5) is 5.69 Å². The molecule has 3 N–H and O–H groups in total. The van der Waals surface area contributed by atoms with Gasteiger partial charge in [-0.25, -0.2) is 9.66 Å². The van der Waals surface area contributed by atoms with Crippen molar-refractivity contribution in [3.05, 3.63) is 104 Å². The molecule has 0 aliphatic rings. The lowest BCUT2D eigenvalue weighted by Gasteiger charge is -2.36. The summed E-state index contributed by atoms with van der Waals surface area (Å²) >= 11 is 9.75. The number of hydrogen-bond donors (Lipinski definition) is 2. The van der Waals surface area contributed by atoms with E-state index in [-0.39, 0.29) is 16.9 Å². The van der Waals surface area contributed by atoms with Crippen molar-refractivity contribution in [2.45, 2.75) is 39.7 Å². The number of rotatable bonds is 9. The van der Waals surface area contributed by atoms with Crippen molar-refractivity contribution in [2.24, 2.45) is 11.1 Å². The summed E-state index contributed by atoms with van der Waals surface area (Å²) in [6, 6.07) is 21.2. The van der Waals surface area contributed by atoms with Gasteiger partial charge in [0.05, 0.1) is 22.6 Å². The third kappa shape index (κ3) is 7.06. The number of hydrogen-bond acceptors (Lipinski definition) is 5. The first-order valence-corrected chi connectivity index (χ1v) is 14.1. The lowest BCUT2D eigenvalue weighted by Crippen LogP contribution is -2.42. The zero-order valence-electron chi connectivity index (χ0n) is 22.3. The first-order chi connectivity index (χ1) is 18.6. The van der Waals surface area contributed by atoms with Gasteiger partial charge in [0, 0.05) is 21.6 Å². The van der Waals surface area contributed by atoms with Crippen LogP contribution in [0.25, 0.3) is 10.9 Å². The van der Waals surface area contributed by atoms with Crippen molar-refractivity contribution in [2.75, 3.05) is 18.5 Å². The smallest absolute Gasteiger partial charge is 0.280 e. The van der Waals surface area contributed by atoms with Crippen LogP contribution in [0.3, 0.4) is 0 Å². The number of carbonyl (C=O) groups is 1. The van der Waals surface area contributed by atoms with Crippen molar-refractivity contribution >= 4 is 50.0 Å². The van der Waals surface area contributed by atoms with Gasteiger partial charge >= 0.3 is 0 Å². The number of nitrogens with one attached hydrogen (secondary N) is 1. The van der Waals surface area contributed by atoms with Crippen LogP contribution in [0.2, 0.25) is 5.02 Å². The summed E-state index contributed by atoms with van der Waals surface area (Å²) in [5.41, 5.74) is 10.4. The van der Waals surface area contributed by atoms with Crippen LogP contribution in [-0.4, -0.2) is 33.6 Å². The van der Waals surface area contributed by atoms with Gasteiger partial charge in [0.15, 0.2) is 5.82 Å². The Kier molecular flexibility index (Phi) is 9.10. The number of para-hydroxylation sites is 1. The van der Waals surface area contributed by atoms with Gasteiger partial charge in [0.2, 0.25) is 0 Å². The second-order valence-electron chi connectivity index (χ2n) is 10.7. The number of amides is 1. The zero-order valence-corrected chi connectivity index (χ0v) is 24.7. The van der Waals surface area contributed by atoms with Crippen LogP contribution in [0.15, 0.2) is 82.1 Å². The Balaban J connectivity index is 1.96. The molecule has 39 heavy (non-hydrogen) atoms. The fourth-order valence-electron chi connectivity index (χ4n) is 4.49. The number of fused-ring (bicyclic) bond motifs is 1. The van der Waals surface area contributed by atoms with E-state index >= 15 is 0 Å². The van der Waals surface area contributed by atoms with Crippen LogP contribution in [0.5, 0.6) is 0 Å². The van der Waals surface area contributed by atoms with Gasteiger partial charge in [-0.05, 0) is 79.4 Å². The molecule has 7 nitrogen and oxygen atoms in total. The average molecular weight is 611 g/mol. The van der Waals surface area contributed by atoms with Gasteiger partial charge in [0.25, 0.3) is 11.5 Å². The van der Waals surface area contributed by atoms with E-state index in [0.717, 1.165) is 10.2 Å². The minimum absolute atomic E-state index is 0.156. The topological polar surface area (TPSA) is 93.2 Å². The fraction of sp³-hybridized carbons (Fsp3) is 0.300. The molecule has 0 saturated heterocycles. The maximum absolute atomic E-state index is 14.0. The molecule has 0 radical (unpaired) electrons. The van der Waals surface area contributed by atoms with E-state index in [0.29, 0.717) is 53.2 Å². The van der Waals surface area contributed by atoms with Crippen LogP contribution in [0.1, 0.15) is 55.8 Å². The molecule has 1 amide bonds. The van der Waals surface area contributed by atoms with Crippen LogP contribution >= 0.6 is 27.5 Å². The van der Waals surface area contributed by atoms with Crippen molar-refractivity contribution in [1.29, 1.82) is 0 Å². The first kappa shape index (κ1) is 28.8. The third-order valence-corrected chi connectivity index (χ3v) is 7.07. The van der Waals surface area contributed by atoms with E-state index in [4.69, 9.17) is 22.3 Å². The molecule has 4 rings (SSSR count). The Morgan fingerprint density at radius 1 is 1.10 bits per heavy atom. The molecule has 204 valence electrons. The third-order valence-electron chi connectivity index (χ3n) is 6.31. The SMILES string of the molecule is CC(C)(C)CC(c1nc2cc(Cl)ccc2c(=O)n1Nc1ccccc1)N(CCCN)C(=O)c1ccc(Br)cc1. The van der Waals surface area contributed by atoms with Crippen LogP contribution in [0, 0.1) is 5.41 Å². The van der Waals surface area contributed by atoms with Gasteiger partial charge in [0.1, 0.15) is 0 Å². The summed E-state index contributed by atoms with van der Waals surface area (Å²) in [6.07, 6.45) is 1.15. The summed E-state index contributed by atoms with van der Waals surface area (Å²) < 4.78 is 2.35. The molecule has 0 fully saturated rings. The molecule has 4 aromatic rings. The lowest BCUT2D eigenvalue weighted by molar-refractivity contribution is 0.0609. The maximum atomic E-state index is 14.0. The predicted octanol–water partition coefficient (Wildman–Crippen LogP) is 6.66. The minimum Gasteiger partial charge on any atom is -0.330 e. The van der Waals surface area contributed by atoms with Crippen molar-refractivity contribution in [1.82, 2.24) is 14.6 Å². The van der Waals surface area contributed by atoms with Gasteiger partial charge in [-0.1, -0.05) is 66.5 Å². The number of aromatic nitrogens is 2. The van der Waals surface area contributed by atoms with E-state index in [9.17, 15) is 9.59 Å². The monoisotopic (exact) mass is 609 g/mol. The molecule has 1 atom stereocenters. The zero-order chi connectivity index (χ0) is 28.2. The molecule has 3 aromatic carbocycles. The number of anilines is 1.